The van der Waals surface area contributed by atoms with E-state index in [1.165, 1.54) is 0 Å². The second kappa shape index (κ2) is 7.28. The molecule has 138 valence electrons. The Kier molecular flexibility index (Phi) is 4.68. The molecule has 0 unspecified atom stereocenters. The fourth-order valence-corrected chi connectivity index (χ4v) is 3.42. The summed E-state index contributed by atoms with van der Waals surface area (Å²) in [5, 5.41) is 11.0. The van der Waals surface area contributed by atoms with Gasteiger partial charge >= 0.3 is 0 Å². The summed E-state index contributed by atoms with van der Waals surface area (Å²) in [6.07, 6.45) is 5.09. The molecule has 0 bridgehead atoms. The standard InChI is InChI=1S/C20H22N6O/c1-14-9-18(11-22-19(14)25-12-23-24-13-25)16-3-5-17(6-4-16)20(27)26-8-7-21-10-15(26)2/h3-6,9,11-13,15,21H,7-8,10H2,1-2H3/t15-/m1/s1. The maximum absolute atomic E-state index is 12.8. The Balaban J connectivity index is 1.55. The lowest BCUT2D eigenvalue weighted by atomic mass is 10.0. The van der Waals surface area contributed by atoms with Gasteiger partial charge < -0.3 is 10.2 Å². The highest BCUT2D eigenvalue weighted by molar-refractivity contribution is 5.95. The molecule has 3 heterocycles. The van der Waals surface area contributed by atoms with E-state index in [1.807, 2.05) is 42.3 Å². The third kappa shape index (κ3) is 3.46. The summed E-state index contributed by atoms with van der Waals surface area (Å²) in [6, 6.07) is 10.1. The van der Waals surface area contributed by atoms with E-state index >= 15 is 0 Å². The molecule has 0 aliphatic carbocycles. The van der Waals surface area contributed by atoms with Crippen molar-refractivity contribution in [3.63, 3.8) is 0 Å². The average molecular weight is 362 g/mol. The first-order valence-electron chi connectivity index (χ1n) is 9.07. The van der Waals surface area contributed by atoms with Gasteiger partial charge in [-0.05, 0) is 43.2 Å². The minimum atomic E-state index is 0.0906. The zero-order valence-corrected chi connectivity index (χ0v) is 15.5. The molecule has 1 saturated heterocycles. The Morgan fingerprint density at radius 3 is 2.56 bits per heavy atom. The van der Waals surface area contributed by atoms with Crippen molar-refractivity contribution in [3.05, 3.63) is 60.3 Å². The van der Waals surface area contributed by atoms with Gasteiger partial charge in [0.25, 0.3) is 5.91 Å². The molecule has 1 amide bonds. The van der Waals surface area contributed by atoms with Crippen molar-refractivity contribution in [2.45, 2.75) is 19.9 Å². The van der Waals surface area contributed by atoms with Gasteiger partial charge in [-0.1, -0.05) is 12.1 Å². The Morgan fingerprint density at radius 2 is 1.89 bits per heavy atom. The van der Waals surface area contributed by atoms with Crippen molar-refractivity contribution < 1.29 is 4.79 Å². The first-order valence-corrected chi connectivity index (χ1v) is 9.07. The summed E-state index contributed by atoms with van der Waals surface area (Å²) < 4.78 is 1.79. The number of hydrogen-bond acceptors (Lipinski definition) is 5. The molecule has 1 aromatic carbocycles. The van der Waals surface area contributed by atoms with Crippen LogP contribution in [-0.2, 0) is 0 Å². The number of pyridine rings is 1. The fourth-order valence-electron chi connectivity index (χ4n) is 3.42. The van der Waals surface area contributed by atoms with Crippen molar-refractivity contribution in [3.8, 4) is 16.9 Å². The van der Waals surface area contributed by atoms with Gasteiger partial charge in [0, 0.05) is 43.0 Å². The predicted molar refractivity (Wildman–Crippen MR) is 103 cm³/mol. The highest BCUT2D eigenvalue weighted by atomic mass is 16.2. The molecule has 1 aliphatic heterocycles. The lowest BCUT2D eigenvalue weighted by Gasteiger charge is -2.34. The second-order valence-corrected chi connectivity index (χ2v) is 6.86. The van der Waals surface area contributed by atoms with Crippen LogP contribution >= 0.6 is 0 Å². The average Bonchev–Trinajstić information content (AvgIpc) is 3.22. The zero-order chi connectivity index (χ0) is 18.8. The molecule has 0 spiro atoms. The van der Waals surface area contributed by atoms with Crippen LogP contribution in [0.15, 0.2) is 49.2 Å². The molecule has 1 atom stereocenters. The molecule has 3 aromatic rings. The Hall–Kier alpha value is -3.06. The van der Waals surface area contributed by atoms with Gasteiger partial charge in [0.05, 0.1) is 0 Å². The summed E-state index contributed by atoms with van der Waals surface area (Å²) in [4.78, 5) is 19.2. The van der Waals surface area contributed by atoms with E-state index in [4.69, 9.17) is 0 Å². The number of aromatic nitrogens is 4. The van der Waals surface area contributed by atoms with E-state index in [0.717, 1.165) is 47.7 Å². The maximum Gasteiger partial charge on any atom is 0.254 e. The summed E-state index contributed by atoms with van der Waals surface area (Å²) in [7, 11) is 0. The van der Waals surface area contributed by atoms with E-state index in [-0.39, 0.29) is 11.9 Å². The molecule has 7 heteroatoms. The van der Waals surface area contributed by atoms with Gasteiger partial charge in [-0.25, -0.2) is 4.98 Å². The molecule has 4 rings (SSSR count). The minimum Gasteiger partial charge on any atom is -0.333 e. The van der Waals surface area contributed by atoms with E-state index in [1.54, 1.807) is 17.2 Å². The van der Waals surface area contributed by atoms with Crippen LogP contribution in [0.4, 0.5) is 0 Å². The van der Waals surface area contributed by atoms with Gasteiger partial charge in [-0.3, -0.25) is 9.36 Å². The molecular formula is C20H22N6O. The molecule has 1 aliphatic rings. The van der Waals surface area contributed by atoms with Crippen molar-refractivity contribution >= 4 is 5.91 Å². The van der Waals surface area contributed by atoms with Crippen molar-refractivity contribution in [2.75, 3.05) is 19.6 Å². The number of carbonyl (C=O) groups excluding carboxylic acids is 1. The molecule has 0 radical (unpaired) electrons. The van der Waals surface area contributed by atoms with Crippen molar-refractivity contribution in [2.24, 2.45) is 0 Å². The van der Waals surface area contributed by atoms with Crippen LogP contribution in [0.3, 0.4) is 0 Å². The second-order valence-electron chi connectivity index (χ2n) is 6.86. The maximum atomic E-state index is 12.8. The number of hydrogen-bond donors (Lipinski definition) is 1. The number of nitrogens with one attached hydrogen (secondary N) is 1. The largest absolute Gasteiger partial charge is 0.333 e. The number of aryl methyl sites for hydroxylation is 1. The number of nitrogens with zero attached hydrogens (tertiary/aromatic N) is 5. The first kappa shape index (κ1) is 17.4. The summed E-state index contributed by atoms with van der Waals surface area (Å²) >= 11 is 0. The number of piperazine rings is 1. The number of rotatable bonds is 3. The van der Waals surface area contributed by atoms with Gasteiger partial charge in [0.1, 0.15) is 18.5 Å². The van der Waals surface area contributed by atoms with Gasteiger partial charge in [0.2, 0.25) is 0 Å². The van der Waals surface area contributed by atoms with Crippen molar-refractivity contribution in [1.29, 1.82) is 0 Å². The topological polar surface area (TPSA) is 75.9 Å². The molecule has 0 saturated carbocycles. The Bertz CT molecular complexity index is 936. The minimum absolute atomic E-state index is 0.0906. The summed E-state index contributed by atoms with van der Waals surface area (Å²) in [5.74, 6) is 0.899. The van der Waals surface area contributed by atoms with E-state index in [9.17, 15) is 4.79 Å². The predicted octanol–water partition coefficient (Wildman–Crippen LogP) is 2.07. The van der Waals surface area contributed by atoms with Gasteiger partial charge in [-0.2, -0.15) is 0 Å². The quantitative estimate of drug-likeness (QED) is 0.772. The van der Waals surface area contributed by atoms with E-state index in [2.05, 4.69) is 33.5 Å². The van der Waals surface area contributed by atoms with Crippen LogP contribution in [0.1, 0.15) is 22.8 Å². The first-order chi connectivity index (χ1) is 13.1. The summed E-state index contributed by atoms with van der Waals surface area (Å²) in [5.41, 5.74) is 3.80. The highest BCUT2D eigenvalue weighted by Gasteiger charge is 2.23. The monoisotopic (exact) mass is 362 g/mol. The molecular weight excluding hydrogens is 340 g/mol. The Morgan fingerprint density at radius 1 is 1.15 bits per heavy atom. The molecule has 2 aromatic heterocycles. The molecule has 7 nitrogen and oxygen atoms in total. The van der Waals surface area contributed by atoms with Crippen LogP contribution in [0.5, 0.6) is 0 Å². The van der Waals surface area contributed by atoms with Crippen LogP contribution < -0.4 is 5.32 Å². The third-order valence-corrected chi connectivity index (χ3v) is 4.94. The van der Waals surface area contributed by atoms with Gasteiger partial charge in [0.15, 0.2) is 0 Å². The normalized spacial score (nSPS) is 17.1. The van der Waals surface area contributed by atoms with Crippen LogP contribution in [0.25, 0.3) is 16.9 Å². The number of carbonyl (C=O) groups is 1. The zero-order valence-electron chi connectivity index (χ0n) is 15.5. The Labute approximate surface area is 158 Å². The number of amides is 1. The van der Waals surface area contributed by atoms with Crippen LogP contribution in [-0.4, -0.2) is 56.2 Å². The lowest BCUT2D eigenvalue weighted by molar-refractivity contribution is 0.0656. The SMILES string of the molecule is Cc1cc(-c2ccc(C(=O)N3CCNC[C@H]3C)cc2)cnc1-n1cnnc1. The molecule has 1 N–H and O–H groups in total. The molecule has 1 fully saturated rings. The number of benzene rings is 1. The third-order valence-electron chi connectivity index (χ3n) is 4.94. The highest BCUT2D eigenvalue weighted by Crippen LogP contribution is 2.23. The van der Waals surface area contributed by atoms with Crippen molar-refractivity contribution in [1.82, 2.24) is 30.0 Å². The van der Waals surface area contributed by atoms with Gasteiger partial charge in [-0.15, -0.1) is 10.2 Å². The van der Waals surface area contributed by atoms with E-state index in [0.29, 0.717) is 0 Å². The molecule has 27 heavy (non-hydrogen) atoms. The smallest absolute Gasteiger partial charge is 0.254 e. The van der Waals surface area contributed by atoms with E-state index < -0.39 is 0 Å². The fraction of sp³-hybridized carbons (Fsp3) is 0.300. The van der Waals surface area contributed by atoms with Crippen LogP contribution in [0.2, 0.25) is 0 Å². The summed E-state index contributed by atoms with van der Waals surface area (Å²) in [6.45, 7) is 6.51. The van der Waals surface area contributed by atoms with Crippen LogP contribution in [0, 0.1) is 6.92 Å². The lowest BCUT2D eigenvalue weighted by Crippen LogP contribution is -2.52.